The fourth-order valence-electron chi connectivity index (χ4n) is 3.57. The van der Waals surface area contributed by atoms with Gasteiger partial charge in [0.2, 0.25) is 0 Å². The molecular formula is C25H29N2OP. The van der Waals surface area contributed by atoms with Gasteiger partial charge in [0.25, 0.3) is 0 Å². The Morgan fingerprint density at radius 1 is 0.793 bits per heavy atom. The number of ketones is 1. The van der Waals surface area contributed by atoms with Crippen LogP contribution < -0.4 is 22.1 Å². The van der Waals surface area contributed by atoms with Gasteiger partial charge < -0.3 is 11.5 Å². The van der Waals surface area contributed by atoms with Crippen LogP contribution in [-0.2, 0) is 0 Å². The number of hydrogen-bond donors (Lipinski definition) is 2. The number of benzene rings is 3. The van der Waals surface area contributed by atoms with Crippen molar-refractivity contribution in [1.29, 1.82) is 0 Å². The molecule has 0 aliphatic heterocycles. The Morgan fingerprint density at radius 3 is 1.76 bits per heavy atom. The Balaban J connectivity index is 0.000000169. The zero-order valence-electron chi connectivity index (χ0n) is 16.6. The van der Waals surface area contributed by atoms with Gasteiger partial charge >= 0.3 is 0 Å². The summed E-state index contributed by atoms with van der Waals surface area (Å²) in [5, 5.41) is 2.79. The maximum absolute atomic E-state index is 12.3. The molecule has 4 rings (SSSR count). The zero-order chi connectivity index (χ0) is 20.5. The van der Waals surface area contributed by atoms with E-state index in [4.69, 9.17) is 11.5 Å². The van der Waals surface area contributed by atoms with Crippen LogP contribution in [0, 0.1) is 0 Å². The molecule has 29 heavy (non-hydrogen) atoms. The minimum atomic E-state index is -0.862. The predicted octanol–water partition coefficient (Wildman–Crippen LogP) is 3.78. The van der Waals surface area contributed by atoms with Crippen LogP contribution >= 0.6 is 8.58 Å². The van der Waals surface area contributed by atoms with Crippen molar-refractivity contribution < 1.29 is 4.79 Å². The lowest BCUT2D eigenvalue weighted by Crippen LogP contribution is -2.62. The fraction of sp³-hybridized carbons (Fsp3) is 0.240. The van der Waals surface area contributed by atoms with E-state index in [1.54, 1.807) is 12.1 Å². The van der Waals surface area contributed by atoms with E-state index in [1.165, 1.54) is 10.6 Å². The monoisotopic (exact) mass is 404 g/mol. The van der Waals surface area contributed by atoms with Crippen LogP contribution in [0.2, 0.25) is 0 Å². The van der Waals surface area contributed by atoms with E-state index in [2.05, 4.69) is 60.7 Å². The van der Waals surface area contributed by atoms with Crippen LogP contribution in [0.3, 0.4) is 0 Å². The van der Waals surface area contributed by atoms with Crippen LogP contribution in [0.15, 0.2) is 91.0 Å². The molecule has 3 aromatic rings. The van der Waals surface area contributed by atoms with Gasteiger partial charge in [-0.2, -0.15) is 0 Å². The first-order valence-corrected chi connectivity index (χ1v) is 11.1. The smallest absolute Gasteiger partial charge is 0.184 e. The summed E-state index contributed by atoms with van der Waals surface area (Å²) in [4.78, 5) is 12.3. The summed E-state index contributed by atoms with van der Waals surface area (Å²) in [6.07, 6.45) is 3.60. The molecule has 3 aromatic carbocycles. The SMILES string of the molecule is NC1CCCCC1(N)C(=O)c1ccccc1.c1ccc(Pc2ccccc2)cc1. The van der Waals surface area contributed by atoms with Crippen molar-refractivity contribution in [2.75, 3.05) is 0 Å². The number of Topliss-reactive ketones (excluding diaryl/α,β-unsaturated/α-hetero) is 1. The molecule has 1 aliphatic carbocycles. The quantitative estimate of drug-likeness (QED) is 0.514. The van der Waals surface area contributed by atoms with Gasteiger partial charge in [0.1, 0.15) is 0 Å². The summed E-state index contributed by atoms with van der Waals surface area (Å²) in [5.74, 6) is -0.0136. The lowest BCUT2D eigenvalue weighted by atomic mass is 9.74. The first-order valence-electron chi connectivity index (χ1n) is 10.1. The van der Waals surface area contributed by atoms with E-state index in [0.29, 0.717) is 12.0 Å². The minimum Gasteiger partial charge on any atom is -0.326 e. The molecule has 4 N–H and O–H groups in total. The van der Waals surface area contributed by atoms with E-state index in [-0.39, 0.29) is 11.8 Å². The van der Waals surface area contributed by atoms with Gasteiger partial charge in [-0.1, -0.05) is 112 Å². The van der Waals surface area contributed by atoms with Crippen molar-refractivity contribution in [3.8, 4) is 0 Å². The maximum atomic E-state index is 12.3. The number of carbonyl (C=O) groups excluding carboxylic acids is 1. The minimum absolute atomic E-state index is 0.0136. The number of carbonyl (C=O) groups is 1. The molecule has 0 bridgehead atoms. The average molecular weight is 404 g/mol. The van der Waals surface area contributed by atoms with Gasteiger partial charge in [-0.3, -0.25) is 4.79 Å². The van der Waals surface area contributed by atoms with E-state index in [9.17, 15) is 4.79 Å². The second kappa shape index (κ2) is 10.5. The number of hydrogen-bond acceptors (Lipinski definition) is 3. The second-order valence-electron chi connectivity index (χ2n) is 7.44. The molecule has 0 aromatic heterocycles. The van der Waals surface area contributed by atoms with E-state index < -0.39 is 5.54 Å². The summed E-state index contributed by atoms with van der Waals surface area (Å²) in [7, 11) is 0.777. The van der Waals surface area contributed by atoms with Crippen LogP contribution in [0.1, 0.15) is 36.0 Å². The average Bonchev–Trinajstić information content (AvgIpc) is 2.78. The molecule has 4 heteroatoms. The molecule has 0 radical (unpaired) electrons. The molecule has 0 heterocycles. The van der Waals surface area contributed by atoms with Crippen LogP contribution in [0.25, 0.3) is 0 Å². The molecule has 2 atom stereocenters. The van der Waals surface area contributed by atoms with Crippen LogP contribution in [-0.4, -0.2) is 17.4 Å². The highest BCUT2D eigenvalue weighted by atomic mass is 31.1. The lowest BCUT2D eigenvalue weighted by Gasteiger charge is -2.37. The summed E-state index contributed by atoms with van der Waals surface area (Å²) in [6.45, 7) is 0. The van der Waals surface area contributed by atoms with Gasteiger partial charge in [0.05, 0.1) is 5.54 Å². The Labute approximate surface area is 175 Å². The van der Waals surface area contributed by atoms with Crippen molar-refractivity contribution in [2.45, 2.75) is 37.3 Å². The standard InChI is InChI=1S/C13H18N2O.C12H11P/c14-11-8-4-5-9-13(11,15)12(16)10-6-2-1-3-7-10;1-3-7-11(8-4-1)13-12-9-5-2-6-10-12/h1-3,6-7,11H,4-5,8-9,14-15H2;1-10,13H. The number of nitrogens with two attached hydrogens (primary N) is 2. The Bertz CT molecular complexity index is 849. The Morgan fingerprint density at radius 2 is 1.28 bits per heavy atom. The van der Waals surface area contributed by atoms with Gasteiger partial charge in [-0.05, 0) is 23.5 Å². The number of rotatable bonds is 4. The van der Waals surface area contributed by atoms with Gasteiger partial charge in [0, 0.05) is 11.6 Å². The third-order valence-corrected chi connectivity index (χ3v) is 6.56. The van der Waals surface area contributed by atoms with Crippen LogP contribution in [0.5, 0.6) is 0 Å². The summed E-state index contributed by atoms with van der Waals surface area (Å²) < 4.78 is 0. The molecule has 3 nitrogen and oxygen atoms in total. The van der Waals surface area contributed by atoms with Crippen molar-refractivity contribution >= 4 is 25.0 Å². The molecule has 0 amide bonds. The van der Waals surface area contributed by atoms with E-state index >= 15 is 0 Å². The highest BCUT2D eigenvalue weighted by molar-refractivity contribution is 7.55. The molecule has 1 aliphatic rings. The molecule has 1 fully saturated rings. The summed E-state index contributed by atoms with van der Waals surface area (Å²) in [5.41, 5.74) is 12.0. The Kier molecular flexibility index (Phi) is 7.71. The van der Waals surface area contributed by atoms with Crippen molar-refractivity contribution in [2.24, 2.45) is 11.5 Å². The maximum Gasteiger partial charge on any atom is 0.184 e. The Hall–Kier alpha value is -2.32. The van der Waals surface area contributed by atoms with E-state index in [0.717, 1.165) is 27.8 Å². The fourth-order valence-corrected chi connectivity index (χ4v) is 4.63. The highest BCUT2D eigenvalue weighted by Crippen LogP contribution is 2.28. The van der Waals surface area contributed by atoms with Gasteiger partial charge in [-0.25, -0.2) is 0 Å². The lowest BCUT2D eigenvalue weighted by molar-refractivity contribution is 0.0823. The topological polar surface area (TPSA) is 69.1 Å². The first kappa shape index (κ1) is 21.4. The molecule has 2 unspecified atom stereocenters. The van der Waals surface area contributed by atoms with Crippen molar-refractivity contribution in [3.63, 3.8) is 0 Å². The molecule has 0 saturated heterocycles. The summed E-state index contributed by atoms with van der Waals surface area (Å²) in [6, 6.07) is 30.1. The molecular weight excluding hydrogens is 375 g/mol. The van der Waals surface area contributed by atoms with Gasteiger partial charge in [0.15, 0.2) is 5.78 Å². The second-order valence-corrected chi connectivity index (χ2v) is 8.85. The third-order valence-electron chi connectivity index (χ3n) is 5.31. The third kappa shape index (κ3) is 5.83. The normalized spacial score (nSPS) is 21.0. The molecule has 0 spiro atoms. The van der Waals surface area contributed by atoms with Crippen molar-refractivity contribution in [1.82, 2.24) is 0 Å². The van der Waals surface area contributed by atoms with E-state index in [1.807, 2.05) is 18.2 Å². The molecule has 1 saturated carbocycles. The first-order chi connectivity index (χ1) is 14.1. The van der Waals surface area contributed by atoms with Crippen molar-refractivity contribution in [3.05, 3.63) is 96.6 Å². The van der Waals surface area contributed by atoms with Crippen LogP contribution in [0.4, 0.5) is 0 Å². The highest BCUT2D eigenvalue weighted by Gasteiger charge is 2.41. The van der Waals surface area contributed by atoms with Gasteiger partial charge in [-0.15, -0.1) is 0 Å². The largest absolute Gasteiger partial charge is 0.326 e. The summed E-state index contributed by atoms with van der Waals surface area (Å²) >= 11 is 0. The molecule has 150 valence electrons. The zero-order valence-corrected chi connectivity index (χ0v) is 17.6. The predicted molar refractivity (Wildman–Crippen MR) is 125 cm³/mol.